The van der Waals surface area contributed by atoms with Crippen LogP contribution in [0.1, 0.15) is 24.5 Å². The molecule has 0 saturated carbocycles. The van der Waals surface area contributed by atoms with Crippen molar-refractivity contribution in [1.82, 2.24) is 4.98 Å². The number of pyridine rings is 1. The number of aliphatic hydroxyl groups excluding tert-OH is 1. The highest BCUT2D eigenvalue weighted by Crippen LogP contribution is 2.31. The minimum atomic E-state index is 0.137. The van der Waals surface area contributed by atoms with Gasteiger partial charge in [0.2, 0.25) is 0 Å². The van der Waals surface area contributed by atoms with Gasteiger partial charge in [-0.1, -0.05) is 42.8 Å². The second-order valence-corrected chi connectivity index (χ2v) is 8.09. The summed E-state index contributed by atoms with van der Waals surface area (Å²) in [4.78, 5) is 6.74. The summed E-state index contributed by atoms with van der Waals surface area (Å²) in [5.41, 5.74) is 5.96. The molecule has 4 rings (SSSR count). The molecule has 0 unspecified atom stereocenters. The van der Waals surface area contributed by atoms with Gasteiger partial charge in [0, 0.05) is 37.6 Å². The Balaban J connectivity index is 1.54. The summed E-state index contributed by atoms with van der Waals surface area (Å²) in [6, 6.07) is 20.2. The molecular formula is C25H27ClN3O. The number of halogens is 1. The third kappa shape index (κ3) is 4.61. The van der Waals surface area contributed by atoms with E-state index in [9.17, 15) is 5.11 Å². The second-order valence-electron chi connectivity index (χ2n) is 7.68. The van der Waals surface area contributed by atoms with Crippen molar-refractivity contribution < 1.29 is 5.11 Å². The normalized spacial score (nSPS) is 16.1. The number of aliphatic hydroxyl groups is 1. The zero-order chi connectivity index (χ0) is 20.9. The summed E-state index contributed by atoms with van der Waals surface area (Å²) in [5, 5.41) is 13.8. The van der Waals surface area contributed by atoms with Crippen molar-refractivity contribution in [3.05, 3.63) is 76.9 Å². The average molecular weight is 421 g/mol. The zero-order valence-electron chi connectivity index (χ0n) is 17.2. The Morgan fingerprint density at radius 2 is 2.10 bits per heavy atom. The van der Waals surface area contributed by atoms with Gasteiger partial charge in [0.05, 0.1) is 5.02 Å². The van der Waals surface area contributed by atoms with E-state index in [1.165, 1.54) is 27.9 Å². The van der Waals surface area contributed by atoms with Crippen LogP contribution in [-0.4, -0.2) is 35.8 Å². The van der Waals surface area contributed by atoms with E-state index in [0.29, 0.717) is 11.4 Å². The van der Waals surface area contributed by atoms with Crippen molar-refractivity contribution in [2.45, 2.75) is 32.2 Å². The maximum atomic E-state index is 9.65. The number of aromatic nitrogens is 1. The maximum absolute atomic E-state index is 9.65. The molecular weight excluding hydrogens is 394 g/mol. The number of rotatable bonds is 7. The Bertz CT molecular complexity index is 1010. The van der Waals surface area contributed by atoms with Crippen LogP contribution < -0.4 is 10.2 Å². The Morgan fingerprint density at radius 3 is 2.90 bits per heavy atom. The van der Waals surface area contributed by atoms with Crippen molar-refractivity contribution in [1.29, 1.82) is 0 Å². The van der Waals surface area contributed by atoms with E-state index in [4.69, 9.17) is 11.6 Å². The summed E-state index contributed by atoms with van der Waals surface area (Å²) in [5.74, 6) is 0.740. The maximum Gasteiger partial charge on any atom is 0.145 e. The summed E-state index contributed by atoms with van der Waals surface area (Å²) in [7, 11) is 0. The number of aryl methyl sites for hydroxylation is 1. The molecule has 0 bridgehead atoms. The molecule has 1 aliphatic heterocycles. The number of nitrogens with one attached hydrogen (secondary N) is 1. The number of anilines is 2. The molecule has 2 N–H and O–H groups in total. The molecule has 155 valence electrons. The van der Waals surface area contributed by atoms with Crippen LogP contribution in [0, 0.1) is 6.07 Å². The fraction of sp³-hybridized carbons (Fsp3) is 0.320. The third-order valence-electron chi connectivity index (χ3n) is 5.66. The van der Waals surface area contributed by atoms with Gasteiger partial charge in [-0.3, -0.25) is 0 Å². The molecule has 3 aromatic rings. The Hall–Kier alpha value is -2.56. The minimum Gasteiger partial charge on any atom is -0.396 e. The van der Waals surface area contributed by atoms with Gasteiger partial charge in [0.1, 0.15) is 5.82 Å². The first-order valence-electron chi connectivity index (χ1n) is 10.5. The Morgan fingerprint density at radius 1 is 1.23 bits per heavy atom. The van der Waals surface area contributed by atoms with Crippen LogP contribution >= 0.6 is 11.6 Å². The highest BCUT2D eigenvalue weighted by Gasteiger charge is 2.25. The van der Waals surface area contributed by atoms with Gasteiger partial charge in [-0.05, 0) is 71.8 Å². The number of hydrogen-bond acceptors (Lipinski definition) is 4. The van der Waals surface area contributed by atoms with Crippen molar-refractivity contribution in [3.8, 4) is 11.1 Å². The first-order valence-corrected chi connectivity index (χ1v) is 10.9. The molecule has 0 amide bonds. The summed E-state index contributed by atoms with van der Waals surface area (Å²) in [6.45, 7) is 4.12. The van der Waals surface area contributed by atoms with Gasteiger partial charge in [0.25, 0.3) is 0 Å². The quantitative estimate of drug-likeness (QED) is 0.565. The van der Waals surface area contributed by atoms with Crippen molar-refractivity contribution in [2.24, 2.45) is 0 Å². The van der Waals surface area contributed by atoms with E-state index in [2.05, 4.69) is 58.5 Å². The first kappa shape index (κ1) is 20.7. The molecule has 4 nitrogen and oxygen atoms in total. The standard InChI is InChI=1S/C25H27ClN3O/c1-2-18-5-3-6-19(15-18)20-8-9-24(21(16-20)11-14-30)29-13-10-22(17-29)28-25-23(26)7-4-12-27-25/h3-4,6-9,12,15-16,22,30H,2,10-11,13-14,17H2,1H3,(H,27,28)/t22-/m0/s1. The van der Waals surface area contributed by atoms with Crippen LogP contribution in [-0.2, 0) is 12.8 Å². The largest absolute Gasteiger partial charge is 0.396 e. The van der Waals surface area contributed by atoms with Gasteiger partial charge >= 0.3 is 0 Å². The van der Waals surface area contributed by atoms with Gasteiger partial charge in [0.15, 0.2) is 0 Å². The van der Waals surface area contributed by atoms with Crippen molar-refractivity contribution in [2.75, 3.05) is 29.9 Å². The number of hydrogen-bond donors (Lipinski definition) is 2. The lowest BCUT2D eigenvalue weighted by molar-refractivity contribution is 0.299. The zero-order valence-corrected chi connectivity index (χ0v) is 18.0. The van der Waals surface area contributed by atoms with Crippen LogP contribution in [0.2, 0.25) is 5.02 Å². The Kier molecular flexibility index (Phi) is 6.56. The lowest BCUT2D eigenvalue weighted by Crippen LogP contribution is -2.27. The fourth-order valence-electron chi connectivity index (χ4n) is 4.08. The summed E-state index contributed by atoms with van der Waals surface area (Å²) < 4.78 is 0. The highest BCUT2D eigenvalue weighted by molar-refractivity contribution is 6.32. The van der Waals surface area contributed by atoms with Crippen LogP contribution in [0.5, 0.6) is 0 Å². The van der Waals surface area contributed by atoms with Crippen molar-refractivity contribution >= 4 is 23.1 Å². The van der Waals surface area contributed by atoms with Crippen LogP contribution in [0.4, 0.5) is 11.5 Å². The predicted molar refractivity (Wildman–Crippen MR) is 124 cm³/mol. The third-order valence-corrected chi connectivity index (χ3v) is 5.97. The van der Waals surface area contributed by atoms with Gasteiger partial charge in [-0.25, -0.2) is 4.98 Å². The first-order chi connectivity index (χ1) is 14.7. The lowest BCUT2D eigenvalue weighted by atomic mass is 9.98. The lowest BCUT2D eigenvalue weighted by Gasteiger charge is -2.23. The van der Waals surface area contributed by atoms with Crippen LogP contribution in [0.25, 0.3) is 11.1 Å². The molecule has 1 saturated heterocycles. The van der Waals surface area contributed by atoms with Crippen LogP contribution in [0.3, 0.4) is 0 Å². The summed E-state index contributed by atoms with van der Waals surface area (Å²) >= 11 is 6.25. The fourth-order valence-corrected chi connectivity index (χ4v) is 4.25. The molecule has 0 spiro atoms. The Labute approximate surface area is 183 Å². The molecule has 2 heterocycles. The van der Waals surface area contributed by atoms with E-state index in [0.717, 1.165) is 31.7 Å². The number of nitrogens with zero attached hydrogens (tertiary/aromatic N) is 2. The molecule has 1 aromatic heterocycles. The topological polar surface area (TPSA) is 48.4 Å². The molecule has 5 heteroatoms. The molecule has 1 radical (unpaired) electrons. The molecule has 30 heavy (non-hydrogen) atoms. The van der Waals surface area contributed by atoms with E-state index in [-0.39, 0.29) is 12.6 Å². The van der Waals surface area contributed by atoms with Gasteiger partial charge < -0.3 is 15.3 Å². The minimum absolute atomic E-state index is 0.137. The van der Waals surface area contributed by atoms with Crippen molar-refractivity contribution in [3.63, 3.8) is 0 Å². The summed E-state index contributed by atoms with van der Waals surface area (Å²) in [6.07, 6.45) is 4.38. The SMILES string of the molecule is CCc1[c]ccc(-c2ccc(N3CC[C@H](Nc4ncccc4Cl)C3)c(CCO)c2)c1. The molecule has 1 fully saturated rings. The molecule has 1 atom stereocenters. The smallest absolute Gasteiger partial charge is 0.145 e. The van der Waals surface area contributed by atoms with E-state index >= 15 is 0 Å². The molecule has 1 aliphatic rings. The average Bonchev–Trinajstić information content (AvgIpc) is 3.24. The second kappa shape index (κ2) is 9.50. The van der Waals surface area contributed by atoms with Gasteiger partial charge in [-0.2, -0.15) is 0 Å². The van der Waals surface area contributed by atoms with Gasteiger partial charge in [-0.15, -0.1) is 0 Å². The monoisotopic (exact) mass is 420 g/mol. The molecule has 2 aromatic carbocycles. The van der Waals surface area contributed by atoms with Crippen LogP contribution in [0.15, 0.2) is 54.7 Å². The van der Waals surface area contributed by atoms with E-state index in [1.807, 2.05) is 18.2 Å². The van der Waals surface area contributed by atoms with E-state index in [1.54, 1.807) is 6.20 Å². The predicted octanol–water partition coefficient (Wildman–Crippen LogP) is 4.99. The highest BCUT2D eigenvalue weighted by atomic mass is 35.5. The molecule has 0 aliphatic carbocycles. The number of benzene rings is 2. The van der Waals surface area contributed by atoms with E-state index < -0.39 is 0 Å².